The van der Waals surface area contributed by atoms with Crippen molar-refractivity contribution in [1.82, 2.24) is 20.0 Å². The largest absolute Gasteiger partial charge is 0.331 e. The third-order valence-electron chi connectivity index (χ3n) is 4.99. The quantitative estimate of drug-likeness (QED) is 0.834. The van der Waals surface area contributed by atoms with Gasteiger partial charge in [0.1, 0.15) is 5.01 Å². The maximum atomic E-state index is 12.6. The number of hydrogen-bond acceptors (Lipinski definition) is 5. The summed E-state index contributed by atoms with van der Waals surface area (Å²) in [6.07, 6.45) is 2.39. The van der Waals surface area contributed by atoms with Crippen LogP contribution in [0.4, 0.5) is 9.93 Å². The summed E-state index contributed by atoms with van der Waals surface area (Å²) in [5.41, 5.74) is 1.26. The molecule has 0 unspecified atom stereocenters. The monoisotopic (exact) mass is 401 g/mol. The van der Waals surface area contributed by atoms with Crippen LogP contribution in [0.25, 0.3) is 0 Å². The van der Waals surface area contributed by atoms with Crippen molar-refractivity contribution in [2.45, 2.75) is 32.1 Å². The average molecular weight is 402 g/mol. The summed E-state index contributed by atoms with van der Waals surface area (Å²) in [6.45, 7) is 3.30. The maximum absolute atomic E-state index is 12.6. The SMILES string of the molecule is C[C@H](Cc1nnc(NC(=O)[C@H]2CCCN(C(=O)N(C)C)C2)s1)c1ccccc1. The molecule has 150 valence electrons. The van der Waals surface area contributed by atoms with Crippen LogP contribution in [0.15, 0.2) is 30.3 Å². The highest BCUT2D eigenvalue weighted by atomic mass is 32.1. The van der Waals surface area contributed by atoms with Gasteiger partial charge in [-0.15, -0.1) is 10.2 Å². The molecular weight excluding hydrogens is 374 g/mol. The molecule has 0 saturated carbocycles. The molecule has 3 amide bonds. The Morgan fingerprint density at radius 2 is 2.04 bits per heavy atom. The zero-order valence-electron chi connectivity index (χ0n) is 16.6. The Kier molecular flexibility index (Phi) is 6.61. The molecule has 1 aromatic carbocycles. The van der Waals surface area contributed by atoms with E-state index in [0.717, 1.165) is 24.3 Å². The number of likely N-dealkylation sites (tertiary alicyclic amines) is 1. The number of carbonyl (C=O) groups excluding carboxylic acids is 2. The van der Waals surface area contributed by atoms with Gasteiger partial charge in [0.05, 0.1) is 5.92 Å². The zero-order chi connectivity index (χ0) is 20.1. The van der Waals surface area contributed by atoms with Crippen LogP contribution in [0.5, 0.6) is 0 Å². The minimum Gasteiger partial charge on any atom is -0.331 e. The van der Waals surface area contributed by atoms with Gasteiger partial charge in [-0.25, -0.2) is 4.79 Å². The van der Waals surface area contributed by atoms with Gasteiger partial charge in [-0.3, -0.25) is 4.79 Å². The Labute approximate surface area is 169 Å². The fraction of sp³-hybridized carbons (Fsp3) is 0.500. The van der Waals surface area contributed by atoms with Crippen LogP contribution >= 0.6 is 11.3 Å². The highest BCUT2D eigenvalue weighted by Crippen LogP contribution is 2.25. The molecule has 1 fully saturated rings. The normalized spacial score (nSPS) is 17.8. The predicted octanol–water partition coefficient (Wildman–Crippen LogP) is 3.22. The van der Waals surface area contributed by atoms with Crippen molar-refractivity contribution in [3.8, 4) is 0 Å². The Morgan fingerprint density at radius 1 is 1.29 bits per heavy atom. The van der Waals surface area contributed by atoms with Gasteiger partial charge in [-0.2, -0.15) is 0 Å². The van der Waals surface area contributed by atoms with Gasteiger partial charge >= 0.3 is 6.03 Å². The molecule has 3 rings (SSSR count). The molecule has 2 heterocycles. The van der Waals surface area contributed by atoms with Gasteiger partial charge in [0.15, 0.2) is 0 Å². The lowest BCUT2D eigenvalue weighted by atomic mass is 9.97. The summed E-state index contributed by atoms with van der Waals surface area (Å²) >= 11 is 1.42. The fourth-order valence-corrected chi connectivity index (χ4v) is 4.27. The number of urea groups is 1. The van der Waals surface area contributed by atoms with Gasteiger partial charge < -0.3 is 15.1 Å². The van der Waals surface area contributed by atoms with Crippen molar-refractivity contribution in [1.29, 1.82) is 0 Å². The van der Waals surface area contributed by atoms with E-state index in [1.807, 2.05) is 18.2 Å². The Balaban J connectivity index is 1.55. The lowest BCUT2D eigenvalue weighted by Crippen LogP contribution is -2.47. The molecule has 0 radical (unpaired) electrons. The smallest absolute Gasteiger partial charge is 0.319 e. The molecule has 1 saturated heterocycles. The molecule has 2 atom stereocenters. The summed E-state index contributed by atoms with van der Waals surface area (Å²) in [7, 11) is 3.45. The number of amides is 3. The topological polar surface area (TPSA) is 78.4 Å². The minimum atomic E-state index is -0.215. The second-order valence-corrected chi connectivity index (χ2v) is 8.53. The van der Waals surface area contributed by atoms with Crippen molar-refractivity contribution in [2.24, 2.45) is 5.92 Å². The van der Waals surface area contributed by atoms with E-state index in [1.165, 1.54) is 16.9 Å². The van der Waals surface area contributed by atoms with Crippen molar-refractivity contribution >= 4 is 28.4 Å². The number of aromatic nitrogens is 2. The van der Waals surface area contributed by atoms with Crippen molar-refractivity contribution in [3.05, 3.63) is 40.9 Å². The first kappa shape index (κ1) is 20.3. The van der Waals surface area contributed by atoms with E-state index in [0.29, 0.717) is 24.1 Å². The standard InChI is InChI=1S/C20H27N5O2S/c1-14(15-8-5-4-6-9-15)12-17-22-23-19(28-17)21-18(26)16-10-7-11-25(13-16)20(27)24(2)3/h4-6,8-9,14,16H,7,10-13H2,1-3H3,(H,21,23,26)/t14-,16+/m1/s1. The van der Waals surface area contributed by atoms with E-state index >= 15 is 0 Å². The molecule has 0 bridgehead atoms. The van der Waals surface area contributed by atoms with Crippen LogP contribution in [0.2, 0.25) is 0 Å². The van der Waals surface area contributed by atoms with Crippen LogP contribution in [0, 0.1) is 5.92 Å². The highest BCUT2D eigenvalue weighted by molar-refractivity contribution is 7.15. The summed E-state index contributed by atoms with van der Waals surface area (Å²) in [5.74, 6) is 0.0324. The van der Waals surface area contributed by atoms with Crippen LogP contribution in [0.3, 0.4) is 0 Å². The Bertz CT molecular complexity index is 808. The predicted molar refractivity (Wildman–Crippen MR) is 110 cm³/mol. The van der Waals surface area contributed by atoms with Crippen LogP contribution in [-0.4, -0.2) is 59.1 Å². The third-order valence-corrected chi connectivity index (χ3v) is 5.85. The lowest BCUT2D eigenvalue weighted by molar-refractivity contribution is -0.121. The number of benzene rings is 1. The molecular formula is C20H27N5O2S. The first-order valence-electron chi connectivity index (χ1n) is 9.58. The third kappa shape index (κ3) is 5.07. The van der Waals surface area contributed by atoms with Crippen molar-refractivity contribution in [2.75, 3.05) is 32.5 Å². The molecule has 7 nitrogen and oxygen atoms in total. The van der Waals surface area contributed by atoms with E-state index in [4.69, 9.17) is 0 Å². The summed E-state index contributed by atoms with van der Waals surface area (Å²) in [4.78, 5) is 28.1. The second-order valence-electron chi connectivity index (χ2n) is 7.47. The lowest BCUT2D eigenvalue weighted by Gasteiger charge is -2.33. The minimum absolute atomic E-state index is 0.0504. The molecule has 1 N–H and O–H groups in total. The van der Waals surface area contributed by atoms with E-state index in [2.05, 4.69) is 34.6 Å². The first-order valence-corrected chi connectivity index (χ1v) is 10.4. The van der Waals surface area contributed by atoms with Crippen LogP contribution < -0.4 is 5.32 Å². The summed E-state index contributed by atoms with van der Waals surface area (Å²) in [6, 6.07) is 10.2. The number of carbonyl (C=O) groups is 2. The molecule has 2 aromatic rings. The van der Waals surface area contributed by atoms with Crippen LogP contribution in [-0.2, 0) is 11.2 Å². The van der Waals surface area contributed by atoms with E-state index in [9.17, 15) is 9.59 Å². The van der Waals surface area contributed by atoms with Crippen molar-refractivity contribution in [3.63, 3.8) is 0 Å². The second kappa shape index (κ2) is 9.14. The molecule has 1 aliphatic heterocycles. The highest BCUT2D eigenvalue weighted by Gasteiger charge is 2.29. The number of hydrogen-bond donors (Lipinski definition) is 1. The summed E-state index contributed by atoms with van der Waals surface area (Å²) in [5, 5.41) is 12.7. The molecule has 0 spiro atoms. The van der Waals surface area contributed by atoms with E-state index < -0.39 is 0 Å². The molecule has 1 aliphatic rings. The fourth-order valence-electron chi connectivity index (χ4n) is 3.40. The summed E-state index contributed by atoms with van der Waals surface area (Å²) < 4.78 is 0. The van der Waals surface area contributed by atoms with Gasteiger partial charge in [-0.05, 0) is 24.3 Å². The van der Waals surface area contributed by atoms with Gasteiger partial charge in [0.25, 0.3) is 0 Å². The van der Waals surface area contributed by atoms with Crippen molar-refractivity contribution < 1.29 is 9.59 Å². The number of rotatable bonds is 5. The van der Waals surface area contributed by atoms with Gasteiger partial charge in [0.2, 0.25) is 11.0 Å². The number of nitrogens with zero attached hydrogens (tertiary/aromatic N) is 4. The maximum Gasteiger partial charge on any atom is 0.319 e. The number of piperidine rings is 1. The molecule has 0 aliphatic carbocycles. The first-order chi connectivity index (χ1) is 13.4. The number of nitrogens with one attached hydrogen (secondary N) is 1. The molecule has 28 heavy (non-hydrogen) atoms. The van der Waals surface area contributed by atoms with E-state index in [1.54, 1.807) is 23.9 Å². The van der Waals surface area contributed by atoms with Gasteiger partial charge in [-0.1, -0.05) is 48.6 Å². The Hall–Kier alpha value is -2.48. The van der Waals surface area contributed by atoms with Crippen LogP contribution in [0.1, 0.15) is 36.3 Å². The molecule has 1 aromatic heterocycles. The Morgan fingerprint density at radius 3 is 2.75 bits per heavy atom. The average Bonchev–Trinajstić information content (AvgIpc) is 3.14. The van der Waals surface area contributed by atoms with E-state index in [-0.39, 0.29) is 17.9 Å². The number of anilines is 1. The van der Waals surface area contributed by atoms with Gasteiger partial charge in [0, 0.05) is 33.6 Å². The molecule has 8 heteroatoms. The zero-order valence-corrected chi connectivity index (χ0v) is 17.4.